The van der Waals surface area contributed by atoms with Crippen molar-refractivity contribution < 1.29 is 19.7 Å². The summed E-state index contributed by atoms with van der Waals surface area (Å²) >= 11 is 0. The third kappa shape index (κ3) is 2.82. The Hall–Kier alpha value is -1.97. The van der Waals surface area contributed by atoms with Gasteiger partial charge in [-0.2, -0.15) is 0 Å². The molecule has 0 aliphatic heterocycles. The first-order valence-electron chi connectivity index (χ1n) is 3.95. The Bertz CT molecular complexity index is 351. The van der Waals surface area contributed by atoms with Crippen LogP contribution < -0.4 is 4.74 Å². The molecule has 0 radical (unpaired) electrons. The first kappa shape index (κ1) is 10.1. The normalized spacial score (nSPS) is 11.1. The van der Waals surface area contributed by atoms with Crippen molar-refractivity contribution in [1.82, 2.24) is 0 Å². The molecule has 0 unspecified atom stereocenters. The number of ether oxygens (including phenoxy) is 1. The number of aromatic hydroxyl groups is 1. The molecule has 1 aromatic carbocycles. The molecule has 0 aromatic heterocycles. The molecule has 0 aliphatic carbocycles. The van der Waals surface area contributed by atoms with Gasteiger partial charge < -0.3 is 14.9 Å². The minimum absolute atomic E-state index is 0.109. The molecule has 0 amide bonds. The molecule has 0 spiro atoms. The first-order valence-corrected chi connectivity index (χ1v) is 3.95. The summed E-state index contributed by atoms with van der Waals surface area (Å²) in [7, 11) is 0. The molecule has 2 N–H and O–H groups in total. The Kier molecular flexibility index (Phi) is 3.12. The van der Waals surface area contributed by atoms with Crippen LogP contribution >= 0.6 is 0 Å². The molecule has 1 aromatic rings. The van der Waals surface area contributed by atoms with E-state index in [1.54, 1.807) is 12.1 Å². The van der Waals surface area contributed by atoms with E-state index in [9.17, 15) is 4.79 Å². The van der Waals surface area contributed by atoms with E-state index in [0.717, 1.165) is 6.26 Å². The summed E-state index contributed by atoms with van der Waals surface area (Å²) in [5.74, 6) is -0.413. The van der Waals surface area contributed by atoms with Crippen molar-refractivity contribution >= 4 is 5.97 Å². The molecule has 0 atom stereocenters. The van der Waals surface area contributed by atoms with E-state index in [1.807, 2.05) is 0 Å². The van der Waals surface area contributed by atoms with Crippen LogP contribution in [-0.4, -0.2) is 16.2 Å². The number of carboxylic acids is 1. The highest BCUT2D eigenvalue weighted by Crippen LogP contribution is 2.16. The average Bonchev–Trinajstić information content (AvgIpc) is 2.16. The predicted molar refractivity (Wildman–Crippen MR) is 50.1 cm³/mol. The smallest absolute Gasteiger partial charge is 0.334 e. The summed E-state index contributed by atoms with van der Waals surface area (Å²) in [6, 6.07) is 6.00. The van der Waals surface area contributed by atoms with Crippen LogP contribution in [0.3, 0.4) is 0 Å². The van der Waals surface area contributed by atoms with Crippen molar-refractivity contribution in [2.75, 3.05) is 0 Å². The lowest BCUT2D eigenvalue weighted by atomic mass is 10.3. The minimum Gasteiger partial charge on any atom is -0.508 e. The summed E-state index contributed by atoms with van der Waals surface area (Å²) in [6.07, 6.45) is 1.15. The number of carbonyl (C=O) groups is 1. The molecule has 14 heavy (non-hydrogen) atoms. The van der Waals surface area contributed by atoms with Crippen LogP contribution in [0.4, 0.5) is 0 Å². The van der Waals surface area contributed by atoms with Crippen molar-refractivity contribution in [2.24, 2.45) is 0 Å². The number of phenols is 1. The Labute approximate surface area is 81.1 Å². The van der Waals surface area contributed by atoms with E-state index in [0.29, 0.717) is 5.75 Å². The van der Waals surface area contributed by atoms with Gasteiger partial charge in [0.05, 0.1) is 5.57 Å². The van der Waals surface area contributed by atoms with Crippen LogP contribution in [0.15, 0.2) is 36.1 Å². The maximum atomic E-state index is 10.4. The fourth-order valence-electron chi connectivity index (χ4n) is 0.732. The van der Waals surface area contributed by atoms with Gasteiger partial charge in [0.25, 0.3) is 0 Å². The number of rotatable bonds is 3. The average molecular weight is 194 g/mol. The molecule has 0 aliphatic rings. The predicted octanol–water partition coefficient (Wildman–Crippen LogP) is 1.76. The van der Waals surface area contributed by atoms with Gasteiger partial charge in [0.1, 0.15) is 17.8 Å². The van der Waals surface area contributed by atoms with E-state index in [4.69, 9.17) is 14.9 Å². The van der Waals surface area contributed by atoms with Gasteiger partial charge in [-0.15, -0.1) is 0 Å². The monoisotopic (exact) mass is 194 g/mol. The van der Waals surface area contributed by atoms with Crippen LogP contribution in [0.25, 0.3) is 0 Å². The summed E-state index contributed by atoms with van der Waals surface area (Å²) in [4.78, 5) is 10.4. The van der Waals surface area contributed by atoms with E-state index in [-0.39, 0.29) is 11.3 Å². The zero-order chi connectivity index (χ0) is 10.6. The number of carboxylic acid groups (broad SMARTS) is 1. The molecule has 0 saturated carbocycles. The number of benzene rings is 1. The highest BCUT2D eigenvalue weighted by molar-refractivity contribution is 5.85. The number of hydrogen-bond acceptors (Lipinski definition) is 3. The number of phenolic OH excluding ortho intramolecular Hbond substituents is 1. The fraction of sp³-hybridized carbons (Fsp3) is 0.100. The van der Waals surface area contributed by atoms with Crippen molar-refractivity contribution in [2.45, 2.75) is 6.92 Å². The second-order valence-electron chi connectivity index (χ2n) is 2.72. The van der Waals surface area contributed by atoms with Gasteiger partial charge in [-0.1, -0.05) is 0 Å². The van der Waals surface area contributed by atoms with Gasteiger partial charge in [0.2, 0.25) is 0 Å². The minimum atomic E-state index is -1.02. The maximum Gasteiger partial charge on any atom is 0.334 e. The van der Waals surface area contributed by atoms with Crippen LogP contribution in [0.2, 0.25) is 0 Å². The van der Waals surface area contributed by atoms with Crippen LogP contribution in [0.1, 0.15) is 6.92 Å². The Morgan fingerprint density at radius 3 is 2.43 bits per heavy atom. The van der Waals surface area contributed by atoms with Crippen molar-refractivity contribution in [3.8, 4) is 11.5 Å². The van der Waals surface area contributed by atoms with Crippen molar-refractivity contribution in [3.63, 3.8) is 0 Å². The summed E-state index contributed by atoms with van der Waals surface area (Å²) < 4.78 is 5.03. The lowest BCUT2D eigenvalue weighted by Crippen LogP contribution is -1.97. The highest BCUT2D eigenvalue weighted by Gasteiger charge is 1.99. The van der Waals surface area contributed by atoms with Gasteiger partial charge in [0.15, 0.2) is 0 Å². The van der Waals surface area contributed by atoms with E-state index >= 15 is 0 Å². The zero-order valence-electron chi connectivity index (χ0n) is 7.60. The van der Waals surface area contributed by atoms with E-state index in [2.05, 4.69) is 0 Å². The van der Waals surface area contributed by atoms with E-state index in [1.165, 1.54) is 19.1 Å². The lowest BCUT2D eigenvalue weighted by Gasteiger charge is -2.00. The largest absolute Gasteiger partial charge is 0.508 e. The Morgan fingerprint density at radius 2 is 1.93 bits per heavy atom. The van der Waals surface area contributed by atoms with Gasteiger partial charge in [-0.05, 0) is 31.2 Å². The van der Waals surface area contributed by atoms with Crippen molar-refractivity contribution in [3.05, 3.63) is 36.1 Å². The number of hydrogen-bond donors (Lipinski definition) is 2. The van der Waals surface area contributed by atoms with Gasteiger partial charge in [0, 0.05) is 0 Å². The topological polar surface area (TPSA) is 66.8 Å². The summed E-state index contributed by atoms with van der Waals surface area (Å²) in [5.41, 5.74) is 0.109. The van der Waals surface area contributed by atoms with E-state index < -0.39 is 5.97 Å². The molecule has 1 rings (SSSR count). The maximum absolute atomic E-state index is 10.4. The Balaban J connectivity index is 2.66. The molecule has 4 heteroatoms. The third-order valence-corrected chi connectivity index (χ3v) is 1.55. The quantitative estimate of drug-likeness (QED) is 0.568. The van der Waals surface area contributed by atoms with Gasteiger partial charge in [-0.3, -0.25) is 0 Å². The second kappa shape index (κ2) is 4.32. The van der Waals surface area contributed by atoms with Gasteiger partial charge in [-0.25, -0.2) is 4.79 Å². The third-order valence-electron chi connectivity index (χ3n) is 1.55. The van der Waals surface area contributed by atoms with Crippen LogP contribution in [0, 0.1) is 0 Å². The number of aliphatic carboxylic acids is 1. The molecule has 0 bridgehead atoms. The van der Waals surface area contributed by atoms with Crippen molar-refractivity contribution in [1.29, 1.82) is 0 Å². The summed E-state index contributed by atoms with van der Waals surface area (Å²) in [5, 5.41) is 17.5. The molecular formula is C10H10O4. The SMILES string of the molecule is C/C(=C\Oc1ccc(O)cc1)C(=O)O. The zero-order valence-corrected chi connectivity index (χ0v) is 7.60. The molecule has 0 heterocycles. The summed E-state index contributed by atoms with van der Waals surface area (Å²) in [6.45, 7) is 1.43. The highest BCUT2D eigenvalue weighted by atomic mass is 16.5. The molecule has 74 valence electrons. The second-order valence-corrected chi connectivity index (χ2v) is 2.72. The molecule has 0 saturated heterocycles. The van der Waals surface area contributed by atoms with Crippen LogP contribution in [0.5, 0.6) is 11.5 Å². The molecular weight excluding hydrogens is 184 g/mol. The first-order chi connectivity index (χ1) is 6.59. The molecule has 4 nitrogen and oxygen atoms in total. The fourth-order valence-corrected chi connectivity index (χ4v) is 0.732. The Morgan fingerprint density at radius 1 is 1.36 bits per heavy atom. The van der Waals surface area contributed by atoms with Gasteiger partial charge >= 0.3 is 5.97 Å². The standard InChI is InChI=1S/C10H10O4/c1-7(10(12)13)6-14-9-4-2-8(11)3-5-9/h2-6,11H,1H3,(H,12,13)/b7-6+. The van der Waals surface area contributed by atoms with Crippen LogP contribution in [-0.2, 0) is 4.79 Å². The lowest BCUT2D eigenvalue weighted by molar-refractivity contribution is -0.132. The molecule has 0 fully saturated rings.